The maximum Gasteiger partial charge on any atom is 0.256 e. The molecule has 4 aromatic rings. The highest BCUT2D eigenvalue weighted by atomic mass is 19.1. The number of aromatic amines is 1. The van der Waals surface area contributed by atoms with Gasteiger partial charge in [-0.15, -0.1) is 0 Å². The van der Waals surface area contributed by atoms with Crippen LogP contribution in [0.15, 0.2) is 59.7 Å². The molecule has 0 saturated heterocycles. The van der Waals surface area contributed by atoms with Crippen LogP contribution in [0.1, 0.15) is 35.7 Å². The fourth-order valence-electron chi connectivity index (χ4n) is 3.89. The normalized spacial score (nSPS) is 12.8. The molecule has 0 aliphatic rings. The van der Waals surface area contributed by atoms with Crippen LogP contribution in [0.5, 0.6) is 11.5 Å². The van der Waals surface area contributed by atoms with Gasteiger partial charge in [-0.05, 0) is 43.2 Å². The third-order valence-corrected chi connectivity index (χ3v) is 5.65. The van der Waals surface area contributed by atoms with Crippen LogP contribution in [0, 0.1) is 11.6 Å². The number of H-pyrrole nitrogens is 1. The molecule has 10 heteroatoms. The smallest absolute Gasteiger partial charge is 0.256 e. The molecule has 180 valence electrons. The Hall–Kier alpha value is -4.34. The highest BCUT2D eigenvalue weighted by molar-refractivity contribution is 5.89. The number of amides is 1. The van der Waals surface area contributed by atoms with Crippen LogP contribution < -0.4 is 15.6 Å². The second-order valence-corrected chi connectivity index (χ2v) is 7.97. The molecule has 3 N–H and O–H groups in total. The molecule has 0 spiro atoms. The molecule has 0 saturated carbocycles. The Morgan fingerprint density at radius 3 is 2.63 bits per heavy atom. The minimum atomic E-state index is -1.16. The van der Waals surface area contributed by atoms with E-state index < -0.39 is 40.8 Å². The van der Waals surface area contributed by atoms with Crippen LogP contribution in [-0.4, -0.2) is 33.1 Å². The zero-order chi connectivity index (χ0) is 25.1. The van der Waals surface area contributed by atoms with Crippen molar-refractivity contribution in [2.45, 2.75) is 25.3 Å². The first-order valence-electron chi connectivity index (χ1n) is 10.7. The van der Waals surface area contributed by atoms with Gasteiger partial charge in [0.05, 0.1) is 42.0 Å². The Morgan fingerprint density at radius 1 is 1.20 bits per heavy atom. The zero-order valence-electron chi connectivity index (χ0n) is 18.9. The summed E-state index contributed by atoms with van der Waals surface area (Å²) in [5, 5.41) is 13.6. The fraction of sp³-hybridized carbons (Fsp3) is 0.200. The van der Waals surface area contributed by atoms with Crippen molar-refractivity contribution < 1.29 is 23.4 Å². The van der Waals surface area contributed by atoms with Crippen LogP contribution in [0.2, 0.25) is 0 Å². The summed E-state index contributed by atoms with van der Waals surface area (Å²) in [6.07, 6.45) is 2.34. The Balaban J connectivity index is 1.75. The average molecular weight is 480 g/mol. The van der Waals surface area contributed by atoms with Gasteiger partial charge >= 0.3 is 0 Å². The van der Waals surface area contributed by atoms with Crippen molar-refractivity contribution in [2.24, 2.45) is 0 Å². The Morgan fingerprint density at radius 2 is 1.94 bits per heavy atom. The molecule has 35 heavy (non-hydrogen) atoms. The molecule has 4 rings (SSSR count). The maximum atomic E-state index is 14.2. The second-order valence-electron chi connectivity index (χ2n) is 7.97. The van der Waals surface area contributed by atoms with E-state index in [2.05, 4.69) is 20.3 Å². The predicted molar refractivity (Wildman–Crippen MR) is 124 cm³/mol. The highest BCUT2D eigenvalue weighted by Gasteiger charge is 2.30. The zero-order valence-corrected chi connectivity index (χ0v) is 18.9. The Labute approximate surface area is 198 Å². The van der Waals surface area contributed by atoms with E-state index >= 15 is 0 Å². The Kier molecular flexibility index (Phi) is 6.72. The fourth-order valence-corrected chi connectivity index (χ4v) is 3.89. The highest BCUT2D eigenvalue weighted by Crippen LogP contribution is 2.31. The summed E-state index contributed by atoms with van der Waals surface area (Å²) >= 11 is 0. The number of hydrogen-bond donors (Lipinski definition) is 3. The molecule has 3 heterocycles. The summed E-state index contributed by atoms with van der Waals surface area (Å²) in [6.45, 7) is 1.48. The molecule has 1 amide bonds. The lowest BCUT2D eigenvalue weighted by atomic mass is 9.90. The number of rotatable bonds is 7. The largest absolute Gasteiger partial charge is 0.505 e. The van der Waals surface area contributed by atoms with E-state index in [4.69, 9.17) is 4.74 Å². The minimum absolute atomic E-state index is 0.0385. The summed E-state index contributed by atoms with van der Waals surface area (Å²) in [7, 11) is 1.52. The van der Waals surface area contributed by atoms with E-state index in [1.807, 2.05) is 0 Å². The lowest BCUT2D eigenvalue weighted by Gasteiger charge is -2.21. The van der Waals surface area contributed by atoms with Gasteiger partial charge in [0.15, 0.2) is 5.75 Å². The Bertz CT molecular complexity index is 1440. The molecule has 0 fully saturated rings. The number of benzene rings is 1. The predicted octanol–water partition coefficient (Wildman–Crippen LogP) is 3.51. The van der Waals surface area contributed by atoms with Gasteiger partial charge in [0.2, 0.25) is 5.91 Å². The van der Waals surface area contributed by atoms with Gasteiger partial charge in [0.1, 0.15) is 22.9 Å². The molecule has 0 bridgehead atoms. The molecule has 3 aromatic heterocycles. The third kappa shape index (κ3) is 4.96. The molecule has 0 unspecified atom stereocenters. The first kappa shape index (κ1) is 23.8. The SMILES string of the molecule is COc1ccc(C[C@H](C(=O)N[C@H](C)c2ncc(F)cc2F)c2c(O)c3ncccc3[nH]c2=O)cc1. The summed E-state index contributed by atoms with van der Waals surface area (Å²) < 4.78 is 32.7. The monoisotopic (exact) mass is 480 g/mol. The summed E-state index contributed by atoms with van der Waals surface area (Å²) in [4.78, 5) is 36.9. The van der Waals surface area contributed by atoms with Gasteiger partial charge < -0.3 is 20.1 Å². The van der Waals surface area contributed by atoms with Gasteiger partial charge in [-0.2, -0.15) is 0 Å². The van der Waals surface area contributed by atoms with Crippen LogP contribution >= 0.6 is 0 Å². The molecule has 1 aromatic carbocycles. The van der Waals surface area contributed by atoms with Crippen molar-refractivity contribution >= 4 is 16.9 Å². The van der Waals surface area contributed by atoms with Crippen molar-refractivity contribution in [3.63, 3.8) is 0 Å². The number of hydrogen-bond acceptors (Lipinski definition) is 6. The molecule has 8 nitrogen and oxygen atoms in total. The van der Waals surface area contributed by atoms with Crippen LogP contribution in [-0.2, 0) is 11.2 Å². The molecular weight excluding hydrogens is 458 g/mol. The quantitative estimate of drug-likeness (QED) is 0.373. The number of aromatic hydroxyl groups is 1. The second kappa shape index (κ2) is 9.88. The van der Waals surface area contributed by atoms with Crippen LogP contribution in [0.3, 0.4) is 0 Å². The number of ether oxygens (including phenoxy) is 1. The lowest BCUT2D eigenvalue weighted by Crippen LogP contribution is -2.36. The van der Waals surface area contributed by atoms with Crippen LogP contribution in [0.4, 0.5) is 8.78 Å². The number of methoxy groups -OCH3 is 1. The van der Waals surface area contributed by atoms with E-state index in [0.717, 1.165) is 6.20 Å². The number of fused-ring (bicyclic) bond motifs is 1. The summed E-state index contributed by atoms with van der Waals surface area (Å²) in [5.41, 5.74) is 0.132. The first-order valence-corrected chi connectivity index (χ1v) is 10.7. The summed E-state index contributed by atoms with van der Waals surface area (Å²) in [5.74, 6) is -3.39. The van der Waals surface area contributed by atoms with E-state index in [-0.39, 0.29) is 23.2 Å². The molecular formula is C25H22F2N4O4. The number of carbonyl (C=O) groups excluding carboxylic acids is 1. The van der Waals surface area contributed by atoms with Gasteiger partial charge in [-0.3, -0.25) is 19.6 Å². The van der Waals surface area contributed by atoms with Crippen molar-refractivity contribution in [1.29, 1.82) is 0 Å². The van der Waals surface area contributed by atoms with Crippen molar-refractivity contribution in [3.8, 4) is 11.5 Å². The molecule has 0 radical (unpaired) electrons. The number of nitrogens with zero attached hydrogens (tertiary/aromatic N) is 2. The van der Waals surface area contributed by atoms with E-state index in [9.17, 15) is 23.5 Å². The van der Waals surface area contributed by atoms with Crippen molar-refractivity contribution in [3.05, 3.63) is 93.7 Å². The topological polar surface area (TPSA) is 117 Å². The standard InChI is InChI=1S/C25H22F2N4O4/c1-13(21-18(27)11-15(26)12-29-21)30-24(33)17(10-14-5-7-16(35-2)8-6-14)20-23(32)22-19(31-25(20)34)4-3-9-28-22/h3-9,11-13,17H,10H2,1-2H3,(H,30,33)(H2,31,32,34)/t13-,17+/m1/s1. The summed E-state index contributed by atoms with van der Waals surface area (Å²) in [6, 6.07) is 9.78. The number of pyridine rings is 3. The molecule has 0 aliphatic carbocycles. The van der Waals surface area contributed by atoms with Gasteiger partial charge in [0.25, 0.3) is 5.56 Å². The molecule has 2 atom stereocenters. The maximum absolute atomic E-state index is 14.2. The van der Waals surface area contributed by atoms with Gasteiger partial charge in [0, 0.05) is 12.3 Å². The third-order valence-electron chi connectivity index (χ3n) is 5.65. The number of carbonyl (C=O) groups is 1. The molecule has 0 aliphatic heterocycles. The number of aromatic nitrogens is 3. The number of nitrogens with one attached hydrogen (secondary N) is 2. The van der Waals surface area contributed by atoms with Gasteiger partial charge in [-0.1, -0.05) is 12.1 Å². The average Bonchev–Trinajstić information content (AvgIpc) is 2.83. The van der Waals surface area contributed by atoms with E-state index in [1.54, 1.807) is 36.4 Å². The van der Waals surface area contributed by atoms with Gasteiger partial charge in [-0.25, -0.2) is 8.78 Å². The van der Waals surface area contributed by atoms with Crippen LogP contribution in [0.25, 0.3) is 11.0 Å². The van der Waals surface area contributed by atoms with E-state index in [0.29, 0.717) is 22.9 Å². The van der Waals surface area contributed by atoms with Crippen molar-refractivity contribution in [1.82, 2.24) is 20.3 Å². The minimum Gasteiger partial charge on any atom is -0.505 e. The number of halogens is 2. The van der Waals surface area contributed by atoms with Crippen molar-refractivity contribution in [2.75, 3.05) is 7.11 Å². The lowest BCUT2D eigenvalue weighted by molar-refractivity contribution is -0.123. The first-order chi connectivity index (χ1) is 16.8. The van der Waals surface area contributed by atoms with E-state index in [1.165, 1.54) is 20.2 Å².